The molecule has 186 valence electrons. The van der Waals surface area contributed by atoms with Gasteiger partial charge in [-0.05, 0) is 85.4 Å². The van der Waals surface area contributed by atoms with Crippen molar-refractivity contribution in [1.82, 2.24) is 31.3 Å². The Labute approximate surface area is 195 Å². The Kier molecular flexibility index (Phi) is 6.15. The first-order valence-corrected chi connectivity index (χ1v) is 13.2. The summed E-state index contributed by atoms with van der Waals surface area (Å²) in [4.78, 5) is -0.984. The van der Waals surface area contributed by atoms with E-state index in [1.165, 1.54) is 18.9 Å². The highest BCUT2D eigenvalue weighted by Gasteiger charge is 2.42. The molecule has 3 fully saturated rings. The van der Waals surface area contributed by atoms with E-state index in [1.807, 2.05) is 0 Å². The van der Waals surface area contributed by atoms with Gasteiger partial charge in [0.15, 0.2) is 5.82 Å². The Morgan fingerprint density at radius 1 is 1.06 bits per heavy atom. The van der Waals surface area contributed by atoms with E-state index in [2.05, 4.69) is 31.3 Å². The van der Waals surface area contributed by atoms with E-state index in [0.717, 1.165) is 31.9 Å². The molecule has 5 rings (SSSR count). The Morgan fingerprint density at radius 2 is 1.82 bits per heavy atom. The van der Waals surface area contributed by atoms with Gasteiger partial charge in [0.25, 0.3) is 0 Å². The van der Waals surface area contributed by atoms with Crippen molar-refractivity contribution < 1.29 is 21.6 Å². The first-order chi connectivity index (χ1) is 16.1. The second-order valence-corrected chi connectivity index (χ2v) is 11.1. The fourth-order valence-corrected chi connectivity index (χ4v) is 7.20. The lowest BCUT2D eigenvalue weighted by atomic mass is 9.79. The molecule has 3 atom stereocenters. The number of nitrogens with two attached hydrogens (primary N) is 1. The minimum absolute atomic E-state index is 0.134. The summed E-state index contributed by atoms with van der Waals surface area (Å²) in [5, 5.41) is 25.7. The van der Waals surface area contributed by atoms with Crippen LogP contribution in [0.4, 0.5) is 13.2 Å². The predicted octanol–water partition coefficient (Wildman–Crippen LogP) is 2.29. The molecular formula is C21H28F3N7O2S. The lowest BCUT2D eigenvalue weighted by Crippen LogP contribution is -2.43. The van der Waals surface area contributed by atoms with Crippen LogP contribution in [-0.4, -0.2) is 53.7 Å². The fraction of sp³-hybridized carbons (Fsp3) is 0.667. The minimum Gasteiger partial charge on any atom is -0.314 e. The molecule has 0 bridgehead atoms. The number of halogens is 3. The summed E-state index contributed by atoms with van der Waals surface area (Å²) >= 11 is 0. The van der Waals surface area contributed by atoms with Crippen molar-refractivity contribution in [2.24, 2.45) is 11.1 Å². The lowest BCUT2D eigenvalue weighted by Gasteiger charge is -2.34. The first kappa shape index (κ1) is 23.6. The van der Waals surface area contributed by atoms with Crippen LogP contribution < -0.4 is 15.8 Å². The van der Waals surface area contributed by atoms with Gasteiger partial charge in [0, 0.05) is 23.7 Å². The van der Waals surface area contributed by atoms with E-state index in [-0.39, 0.29) is 17.3 Å². The van der Waals surface area contributed by atoms with Crippen LogP contribution >= 0.6 is 0 Å². The molecule has 2 saturated carbocycles. The second-order valence-electron chi connectivity index (χ2n) is 9.61. The average molecular weight is 500 g/mol. The summed E-state index contributed by atoms with van der Waals surface area (Å²) in [7, 11) is -4.72. The molecule has 2 unspecified atom stereocenters. The number of fused-ring (bicyclic) bond motifs is 1. The number of alkyl halides is 3. The predicted molar refractivity (Wildman–Crippen MR) is 117 cm³/mol. The number of primary sulfonamides is 1. The van der Waals surface area contributed by atoms with Crippen LogP contribution in [0.5, 0.6) is 0 Å². The molecule has 1 aromatic carbocycles. The number of H-pyrrole nitrogens is 1. The highest BCUT2D eigenvalue weighted by Crippen LogP contribution is 2.45. The molecule has 9 nitrogen and oxygen atoms in total. The van der Waals surface area contributed by atoms with Gasteiger partial charge in [-0.2, -0.15) is 13.2 Å². The molecule has 2 aliphatic carbocycles. The van der Waals surface area contributed by atoms with Gasteiger partial charge in [0.05, 0.1) is 5.56 Å². The van der Waals surface area contributed by atoms with E-state index in [1.54, 1.807) is 0 Å². The maximum absolute atomic E-state index is 13.7. The van der Waals surface area contributed by atoms with Gasteiger partial charge in [-0.1, -0.05) is 6.07 Å². The number of benzene rings is 1. The molecule has 1 saturated heterocycles. The number of rotatable bonds is 5. The molecule has 3 aliphatic rings. The van der Waals surface area contributed by atoms with Crippen LogP contribution in [0.3, 0.4) is 0 Å². The van der Waals surface area contributed by atoms with Crippen molar-refractivity contribution >= 4 is 10.0 Å². The smallest absolute Gasteiger partial charge is 0.314 e. The summed E-state index contributed by atoms with van der Waals surface area (Å²) in [6, 6.07) is 3.59. The van der Waals surface area contributed by atoms with Gasteiger partial charge in [-0.25, -0.2) is 18.7 Å². The summed E-state index contributed by atoms with van der Waals surface area (Å²) in [6.07, 6.45) is 1.75. The summed E-state index contributed by atoms with van der Waals surface area (Å²) in [5.41, 5.74) is -1.04. The summed E-state index contributed by atoms with van der Waals surface area (Å²) in [6.45, 7) is 1.07. The van der Waals surface area contributed by atoms with Crippen LogP contribution in [0.25, 0.3) is 11.4 Å². The number of sulfonamides is 1. The van der Waals surface area contributed by atoms with Crippen molar-refractivity contribution in [3.63, 3.8) is 0 Å². The number of nitrogens with one attached hydrogen (secondary N) is 3. The van der Waals surface area contributed by atoms with Gasteiger partial charge < -0.3 is 10.6 Å². The molecule has 5 N–H and O–H groups in total. The molecule has 2 heterocycles. The third kappa shape index (κ3) is 4.45. The zero-order chi connectivity index (χ0) is 24.1. The summed E-state index contributed by atoms with van der Waals surface area (Å²) in [5.74, 6) is 0.386. The third-order valence-electron chi connectivity index (χ3n) is 7.69. The Morgan fingerprint density at radius 3 is 2.47 bits per heavy atom. The largest absolute Gasteiger partial charge is 0.417 e. The zero-order valence-electron chi connectivity index (χ0n) is 18.5. The standard InChI is InChI=1S/C21H28F3N7O2S/c22-21(23,24)15-6-5-13(18(19(15)34(25,32)33)20-28-30-31-29-20)11-1-3-12(4-2-11)27-17-8-7-16-14(17)9-10-26-16/h5-6,11-12,14,16-17,26-27H,1-4,7-10H2,(H2,25,32,33)(H,28,29,30,31)/t11-,12-,14?,16-,17?/m1/s1. The van der Waals surface area contributed by atoms with E-state index >= 15 is 0 Å². The van der Waals surface area contributed by atoms with Crippen molar-refractivity contribution in [1.29, 1.82) is 0 Å². The van der Waals surface area contributed by atoms with Gasteiger partial charge in [-0.15, -0.1) is 5.10 Å². The van der Waals surface area contributed by atoms with Crippen LogP contribution in [0.1, 0.15) is 62.0 Å². The molecule has 0 amide bonds. The molecule has 13 heteroatoms. The Balaban J connectivity index is 1.42. The molecular weight excluding hydrogens is 471 g/mol. The van der Waals surface area contributed by atoms with Crippen molar-refractivity contribution in [2.75, 3.05) is 6.54 Å². The number of hydrogen-bond donors (Lipinski definition) is 4. The van der Waals surface area contributed by atoms with Crippen molar-refractivity contribution in [3.05, 3.63) is 23.3 Å². The molecule has 1 aliphatic heterocycles. The van der Waals surface area contributed by atoms with E-state index in [0.29, 0.717) is 42.4 Å². The molecule has 0 spiro atoms. The number of nitrogens with zero attached hydrogens (tertiary/aromatic N) is 3. The maximum Gasteiger partial charge on any atom is 0.417 e. The maximum atomic E-state index is 13.7. The normalized spacial score (nSPS) is 29.9. The topological polar surface area (TPSA) is 139 Å². The van der Waals surface area contributed by atoms with E-state index in [4.69, 9.17) is 5.14 Å². The van der Waals surface area contributed by atoms with Gasteiger partial charge in [0.2, 0.25) is 10.0 Å². The van der Waals surface area contributed by atoms with Crippen LogP contribution in [0.2, 0.25) is 0 Å². The molecule has 2 aromatic rings. The number of aromatic amines is 1. The molecule has 1 aromatic heterocycles. The molecule has 34 heavy (non-hydrogen) atoms. The van der Waals surface area contributed by atoms with Crippen LogP contribution in [0, 0.1) is 5.92 Å². The van der Waals surface area contributed by atoms with E-state index in [9.17, 15) is 21.6 Å². The number of hydrogen-bond acceptors (Lipinski definition) is 7. The monoisotopic (exact) mass is 499 g/mol. The number of tetrazole rings is 1. The number of aromatic nitrogens is 4. The van der Waals surface area contributed by atoms with Gasteiger partial charge in [0.1, 0.15) is 4.90 Å². The zero-order valence-corrected chi connectivity index (χ0v) is 19.3. The quantitative estimate of drug-likeness (QED) is 0.495. The van der Waals surface area contributed by atoms with Crippen LogP contribution in [-0.2, 0) is 16.2 Å². The highest BCUT2D eigenvalue weighted by molar-refractivity contribution is 7.89. The highest BCUT2D eigenvalue weighted by atomic mass is 32.2. The minimum atomic E-state index is -4.90. The van der Waals surface area contributed by atoms with Crippen molar-refractivity contribution in [3.8, 4) is 11.4 Å². The van der Waals surface area contributed by atoms with Crippen molar-refractivity contribution in [2.45, 2.75) is 80.1 Å². The average Bonchev–Trinajstić information content (AvgIpc) is 3.52. The lowest BCUT2D eigenvalue weighted by molar-refractivity contribution is -0.139. The Hall–Kier alpha value is -2.09. The van der Waals surface area contributed by atoms with Gasteiger partial charge in [-0.3, -0.25) is 0 Å². The summed E-state index contributed by atoms with van der Waals surface area (Å²) < 4.78 is 65.9. The second kappa shape index (κ2) is 8.85. The fourth-order valence-electron chi connectivity index (χ4n) is 6.21. The SMILES string of the molecule is NS(=O)(=O)c1c(C(F)(F)F)ccc([C@H]2CC[C@H](NC3CC[C@H]4NCCC34)CC2)c1-c1nnn[nH]1. The first-order valence-electron chi connectivity index (χ1n) is 11.6. The van der Waals surface area contributed by atoms with E-state index < -0.39 is 26.7 Å². The molecule has 0 radical (unpaired) electrons. The van der Waals surface area contributed by atoms with Crippen LogP contribution in [0.15, 0.2) is 17.0 Å². The van der Waals surface area contributed by atoms with Gasteiger partial charge >= 0.3 is 6.18 Å². The third-order valence-corrected chi connectivity index (χ3v) is 8.68. The Bertz CT molecular complexity index is 1130.